The molecule has 0 bridgehead atoms. The first-order valence-electron chi connectivity index (χ1n) is 11.5. The Balaban J connectivity index is 1.64. The molecule has 3 heterocycles. The second-order valence-corrected chi connectivity index (χ2v) is 8.89. The Hall–Kier alpha value is -4.01. The smallest absolute Gasteiger partial charge is 0.316 e. The fourth-order valence-corrected chi connectivity index (χ4v) is 4.08. The summed E-state index contributed by atoms with van der Waals surface area (Å²) in [6.07, 6.45) is 6.22. The predicted octanol–water partition coefficient (Wildman–Crippen LogP) is 3.14. The van der Waals surface area contributed by atoms with Gasteiger partial charge in [0.15, 0.2) is 0 Å². The van der Waals surface area contributed by atoms with Gasteiger partial charge in [0.1, 0.15) is 18.1 Å². The van der Waals surface area contributed by atoms with Crippen LogP contribution in [0.25, 0.3) is 11.1 Å². The van der Waals surface area contributed by atoms with E-state index in [0.29, 0.717) is 31.5 Å². The van der Waals surface area contributed by atoms with Crippen LogP contribution in [0.15, 0.2) is 48.9 Å². The van der Waals surface area contributed by atoms with Gasteiger partial charge in [-0.3, -0.25) is 14.6 Å². The van der Waals surface area contributed by atoms with E-state index in [-0.39, 0.29) is 23.2 Å². The number of nitrogens with zero attached hydrogens (tertiary/aromatic N) is 4. The van der Waals surface area contributed by atoms with E-state index >= 15 is 0 Å². The highest BCUT2D eigenvalue weighted by Crippen LogP contribution is 2.35. The monoisotopic (exact) mass is 475 g/mol. The molecular formula is C26H29N5O4. The first-order valence-corrected chi connectivity index (χ1v) is 11.5. The van der Waals surface area contributed by atoms with Crippen molar-refractivity contribution in [1.82, 2.24) is 19.9 Å². The number of amides is 2. The van der Waals surface area contributed by atoms with Crippen molar-refractivity contribution in [3.63, 3.8) is 0 Å². The molecule has 1 aromatic carbocycles. The molecule has 0 radical (unpaired) electrons. The van der Waals surface area contributed by atoms with E-state index in [1.54, 1.807) is 18.5 Å². The SMILES string of the molecule is COc1ncc(-c2cccc3c2C[C@H](N(CCC(C)C)C(=O)c2ccc(C(N)=O)cn2)CO3)cn1. The van der Waals surface area contributed by atoms with Crippen molar-refractivity contribution in [3.05, 3.63) is 65.7 Å². The Bertz CT molecular complexity index is 1200. The molecule has 3 aromatic rings. The topological polar surface area (TPSA) is 121 Å². The van der Waals surface area contributed by atoms with Crippen LogP contribution in [-0.4, -0.2) is 58.0 Å². The Kier molecular flexibility index (Phi) is 7.24. The van der Waals surface area contributed by atoms with Gasteiger partial charge in [0.2, 0.25) is 5.91 Å². The normalized spacial score (nSPS) is 14.7. The Morgan fingerprint density at radius 3 is 2.54 bits per heavy atom. The molecule has 1 aliphatic rings. The summed E-state index contributed by atoms with van der Waals surface area (Å²) >= 11 is 0. The molecule has 9 heteroatoms. The van der Waals surface area contributed by atoms with Crippen LogP contribution in [0.3, 0.4) is 0 Å². The average molecular weight is 476 g/mol. The molecule has 2 amide bonds. The summed E-state index contributed by atoms with van der Waals surface area (Å²) in [5.41, 5.74) is 8.63. The van der Waals surface area contributed by atoms with Gasteiger partial charge in [-0.2, -0.15) is 0 Å². The van der Waals surface area contributed by atoms with Crippen molar-refractivity contribution in [2.45, 2.75) is 32.7 Å². The first kappa shape index (κ1) is 24.1. The third-order valence-corrected chi connectivity index (χ3v) is 6.04. The fourth-order valence-electron chi connectivity index (χ4n) is 4.08. The second-order valence-electron chi connectivity index (χ2n) is 8.89. The van der Waals surface area contributed by atoms with Crippen LogP contribution in [-0.2, 0) is 6.42 Å². The van der Waals surface area contributed by atoms with Crippen LogP contribution in [0.1, 0.15) is 46.7 Å². The summed E-state index contributed by atoms with van der Waals surface area (Å²) in [6.45, 7) is 5.18. The molecule has 1 atom stereocenters. The largest absolute Gasteiger partial charge is 0.491 e. The third-order valence-electron chi connectivity index (χ3n) is 6.04. The van der Waals surface area contributed by atoms with Crippen molar-refractivity contribution < 1.29 is 19.1 Å². The zero-order chi connectivity index (χ0) is 24.9. The highest BCUT2D eigenvalue weighted by Gasteiger charge is 2.31. The second kappa shape index (κ2) is 10.5. The number of methoxy groups -OCH3 is 1. The van der Waals surface area contributed by atoms with E-state index in [2.05, 4.69) is 28.8 Å². The summed E-state index contributed by atoms with van der Waals surface area (Å²) in [5.74, 6) is 0.415. The Labute approximate surface area is 204 Å². The molecular weight excluding hydrogens is 446 g/mol. The third kappa shape index (κ3) is 5.40. The molecule has 2 aromatic heterocycles. The number of benzene rings is 1. The van der Waals surface area contributed by atoms with Gasteiger partial charge in [0, 0.05) is 42.7 Å². The van der Waals surface area contributed by atoms with E-state index in [4.69, 9.17) is 15.2 Å². The number of pyridine rings is 1. The van der Waals surface area contributed by atoms with Gasteiger partial charge in [-0.05, 0) is 36.1 Å². The number of nitrogens with two attached hydrogens (primary N) is 1. The van der Waals surface area contributed by atoms with Crippen LogP contribution in [0.4, 0.5) is 0 Å². The number of fused-ring (bicyclic) bond motifs is 1. The highest BCUT2D eigenvalue weighted by molar-refractivity contribution is 5.95. The van der Waals surface area contributed by atoms with Crippen LogP contribution >= 0.6 is 0 Å². The van der Waals surface area contributed by atoms with Crippen molar-refractivity contribution in [2.75, 3.05) is 20.3 Å². The summed E-state index contributed by atoms with van der Waals surface area (Å²) in [5, 5.41) is 0. The summed E-state index contributed by atoms with van der Waals surface area (Å²) in [7, 11) is 1.52. The molecule has 4 rings (SSSR count). The minimum Gasteiger partial charge on any atom is -0.491 e. The van der Waals surface area contributed by atoms with Crippen LogP contribution in [0, 0.1) is 5.92 Å². The molecule has 0 aliphatic carbocycles. The molecule has 0 spiro atoms. The lowest BCUT2D eigenvalue weighted by Gasteiger charge is -2.36. The summed E-state index contributed by atoms with van der Waals surface area (Å²) in [6, 6.07) is 9.05. The first-order chi connectivity index (χ1) is 16.9. The van der Waals surface area contributed by atoms with Crippen LogP contribution in [0.5, 0.6) is 11.8 Å². The number of hydrogen-bond donors (Lipinski definition) is 1. The van der Waals surface area contributed by atoms with E-state index in [1.807, 2.05) is 23.1 Å². The highest BCUT2D eigenvalue weighted by atomic mass is 16.5. The van der Waals surface area contributed by atoms with Gasteiger partial charge in [0.25, 0.3) is 5.91 Å². The van der Waals surface area contributed by atoms with E-state index in [9.17, 15) is 9.59 Å². The number of carbonyl (C=O) groups is 2. The van der Waals surface area contributed by atoms with Gasteiger partial charge >= 0.3 is 6.01 Å². The maximum absolute atomic E-state index is 13.5. The van der Waals surface area contributed by atoms with Crippen LogP contribution < -0.4 is 15.2 Å². The quantitative estimate of drug-likeness (QED) is 0.531. The lowest BCUT2D eigenvalue weighted by molar-refractivity contribution is 0.0568. The van der Waals surface area contributed by atoms with Gasteiger partial charge in [-0.15, -0.1) is 0 Å². The molecule has 0 saturated carbocycles. The van der Waals surface area contributed by atoms with E-state index in [0.717, 1.165) is 28.9 Å². The minimum atomic E-state index is -0.583. The Morgan fingerprint density at radius 2 is 1.91 bits per heavy atom. The van der Waals surface area contributed by atoms with Crippen LogP contribution in [0.2, 0.25) is 0 Å². The van der Waals surface area contributed by atoms with Crippen molar-refractivity contribution in [2.24, 2.45) is 11.7 Å². The number of carbonyl (C=O) groups excluding carboxylic acids is 2. The predicted molar refractivity (Wildman–Crippen MR) is 130 cm³/mol. The van der Waals surface area contributed by atoms with Gasteiger partial charge in [-0.1, -0.05) is 26.0 Å². The standard InChI is InChI=1S/C26H29N5O4/c1-16(2)9-10-31(25(33)22-8-7-17(12-28-22)24(27)32)19-11-21-20(5-4-6-23(21)35-15-19)18-13-29-26(34-3)30-14-18/h4-8,12-14,16,19H,9-11,15H2,1-3H3,(H2,27,32)/t19-/m0/s1. The average Bonchev–Trinajstić information content (AvgIpc) is 2.88. The summed E-state index contributed by atoms with van der Waals surface area (Å²) in [4.78, 5) is 39.4. The van der Waals surface area contributed by atoms with Crippen molar-refractivity contribution >= 4 is 11.8 Å². The maximum Gasteiger partial charge on any atom is 0.316 e. The minimum absolute atomic E-state index is 0.188. The molecule has 0 saturated heterocycles. The number of rotatable bonds is 8. The zero-order valence-electron chi connectivity index (χ0n) is 20.1. The van der Waals surface area contributed by atoms with Crippen molar-refractivity contribution in [3.8, 4) is 22.9 Å². The summed E-state index contributed by atoms with van der Waals surface area (Å²) < 4.78 is 11.2. The lowest BCUT2D eigenvalue weighted by atomic mass is 9.93. The Morgan fingerprint density at radius 1 is 1.14 bits per heavy atom. The number of aromatic nitrogens is 3. The van der Waals surface area contributed by atoms with E-state index < -0.39 is 5.91 Å². The number of ether oxygens (including phenoxy) is 2. The van der Waals surface area contributed by atoms with Gasteiger partial charge in [0.05, 0.1) is 18.7 Å². The molecule has 2 N–H and O–H groups in total. The fraction of sp³-hybridized carbons (Fsp3) is 0.346. The number of primary amides is 1. The zero-order valence-corrected chi connectivity index (χ0v) is 20.1. The van der Waals surface area contributed by atoms with Gasteiger partial charge < -0.3 is 20.1 Å². The molecule has 35 heavy (non-hydrogen) atoms. The van der Waals surface area contributed by atoms with E-state index in [1.165, 1.54) is 19.4 Å². The van der Waals surface area contributed by atoms with Crippen molar-refractivity contribution in [1.29, 1.82) is 0 Å². The molecule has 0 unspecified atom stereocenters. The molecule has 1 aliphatic heterocycles. The maximum atomic E-state index is 13.5. The van der Waals surface area contributed by atoms with Gasteiger partial charge in [-0.25, -0.2) is 9.97 Å². The molecule has 182 valence electrons. The molecule has 9 nitrogen and oxygen atoms in total. The number of hydrogen-bond acceptors (Lipinski definition) is 7. The molecule has 0 fully saturated rings. The lowest BCUT2D eigenvalue weighted by Crippen LogP contribution is -2.47.